The average molecular weight is 534 g/mol. The van der Waals surface area contributed by atoms with Gasteiger partial charge >= 0.3 is 0 Å². The van der Waals surface area contributed by atoms with Crippen LogP contribution in [0.2, 0.25) is 0 Å². The van der Waals surface area contributed by atoms with Gasteiger partial charge in [0.1, 0.15) is 5.75 Å². The molecule has 3 aliphatic carbocycles. The number of phenols is 1. The van der Waals surface area contributed by atoms with Gasteiger partial charge < -0.3 is 21.7 Å². The number of fused-ring (bicyclic) bond motifs is 3. The topological polar surface area (TPSA) is 181 Å². The number of aromatic hydroxyl groups is 1. The first-order valence-corrected chi connectivity index (χ1v) is 12.9. The number of nitrogens with two attached hydrogens (primary N) is 2. The molecule has 1 amide bonds. The second kappa shape index (κ2) is 9.39. The van der Waals surface area contributed by atoms with Crippen LogP contribution in [0.1, 0.15) is 33.5 Å². The van der Waals surface area contributed by atoms with Crippen LogP contribution >= 0.6 is 0 Å². The number of rotatable bonds is 5. The van der Waals surface area contributed by atoms with Gasteiger partial charge in [-0.15, -0.1) is 0 Å². The lowest BCUT2D eigenvalue weighted by Crippen LogP contribution is -2.74. The summed E-state index contributed by atoms with van der Waals surface area (Å²) in [4.78, 5) is 67.7. The molecule has 2 saturated carbocycles. The summed E-state index contributed by atoms with van der Waals surface area (Å²) < 4.78 is 0. The number of phenolic OH excluding ortho intramolecular Hbond substituents is 1. The third-order valence-electron chi connectivity index (χ3n) is 8.70. The first-order chi connectivity index (χ1) is 18.4. The van der Waals surface area contributed by atoms with E-state index in [9.17, 15) is 34.2 Å². The Morgan fingerprint density at radius 2 is 1.69 bits per heavy atom. The van der Waals surface area contributed by atoms with Crippen molar-refractivity contribution in [3.63, 3.8) is 0 Å². The Morgan fingerprint density at radius 1 is 1.03 bits per heavy atom. The smallest absolute Gasteiger partial charge is 0.235 e. The lowest BCUT2D eigenvalue weighted by molar-refractivity contribution is -0.181. The van der Waals surface area contributed by atoms with Gasteiger partial charge in [-0.25, -0.2) is 0 Å². The van der Waals surface area contributed by atoms with Crippen molar-refractivity contribution in [2.45, 2.75) is 37.3 Å². The molecule has 3 aliphatic rings. The van der Waals surface area contributed by atoms with Crippen LogP contribution < -0.4 is 11.5 Å². The van der Waals surface area contributed by atoms with Crippen LogP contribution in [0, 0.1) is 23.7 Å². The van der Waals surface area contributed by atoms with E-state index in [2.05, 4.69) is 0 Å². The Morgan fingerprint density at radius 3 is 2.31 bits per heavy atom. The van der Waals surface area contributed by atoms with Crippen molar-refractivity contribution < 1.29 is 34.2 Å². The highest BCUT2D eigenvalue weighted by molar-refractivity contribution is 6.32. The number of ketones is 4. The summed E-state index contributed by atoms with van der Waals surface area (Å²) in [5.74, 6) is -10.4. The number of nitrogen functional groups attached to an aromatic ring is 1. The summed E-state index contributed by atoms with van der Waals surface area (Å²) in [6, 6.07) is 9.50. The standard InChI is InChI=1S/C29H31N3O7/c1-32(2)23-18-12-15-11-17-14(6-3-13-4-8-16(30)9-5-13)7-10-19(33)21(17)24(34)20(15)26(36)29(18,39)27(37)22(25(23)35)28(31)38/h4-5,7-10,15,18,20,22-23,33,39H,3,6,11-12,30H2,1-2H3,(H2,31,38)/t15-,18-,20?,22?,23-,29-/m1/s1. The first kappa shape index (κ1) is 26.7. The zero-order chi connectivity index (χ0) is 28.4. The second-order valence-corrected chi connectivity index (χ2v) is 11.1. The van der Waals surface area contributed by atoms with E-state index in [1.165, 1.54) is 11.0 Å². The molecule has 0 saturated heterocycles. The van der Waals surface area contributed by atoms with E-state index >= 15 is 0 Å². The van der Waals surface area contributed by atoms with Gasteiger partial charge in [0.2, 0.25) is 5.91 Å². The first-order valence-electron chi connectivity index (χ1n) is 12.9. The summed E-state index contributed by atoms with van der Waals surface area (Å²) in [7, 11) is 3.12. The third-order valence-corrected chi connectivity index (χ3v) is 8.70. The van der Waals surface area contributed by atoms with Crippen molar-refractivity contribution in [2.24, 2.45) is 29.4 Å². The minimum Gasteiger partial charge on any atom is -0.507 e. The van der Waals surface area contributed by atoms with Gasteiger partial charge in [-0.05, 0) is 80.6 Å². The molecule has 0 aliphatic heterocycles. The number of primary amides is 1. The molecule has 0 radical (unpaired) electrons. The molecule has 10 nitrogen and oxygen atoms in total. The number of likely N-dealkylation sites (N-methyl/N-ethyl adjacent to an activating group) is 1. The maximum absolute atomic E-state index is 13.9. The quantitative estimate of drug-likeness (QED) is 0.309. The Kier molecular flexibility index (Phi) is 6.43. The number of hydrogen-bond acceptors (Lipinski definition) is 9. The van der Waals surface area contributed by atoms with Crippen LogP contribution in [0.5, 0.6) is 5.75 Å². The molecule has 204 valence electrons. The number of aliphatic hydroxyl groups is 1. The van der Waals surface area contributed by atoms with Gasteiger partial charge in [0.25, 0.3) is 0 Å². The van der Waals surface area contributed by atoms with Crippen LogP contribution in [0.15, 0.2) is 36.4 Å². The zero-order valence-electron chi connectivity index (χ0n) is 21.7. The van der Waals surface area contributed by atoms with E-state index < -0.39 is 64.4 Å². The van der Waals surface area contributed by atoms with Crippen molar-refractivity contribution >= 4 is 34.7 Å². The highest BCUT2D eigenvalue weighted by Gasteiger charge is 2.69. The Balaban J connectivity index is 1.55. The van der Waals surface area contributed by atoms with E-state index in [-0.39, 0.29) is 24.2 Å². The summed E-state index contributed by atoms with van der Waals surface area (Å²) in [6.45, 7) is 0. The molecule has 2 unspecified atom stereocenters. The number of anilines is 1. The van der Waals surface area contributed by atoms with Crippen molar-refractivity contribution in [2.75, 3.05) is 19.8 Å². The molecule has 0 heterocycles. The fourth-order valence-electron chi connectivity index (χ4n) is 6.87. The molecule has 0 bridgehead atoms. The molecule has 6 N–H and O–H groups in total. The van der Waals surface area contributed by atoms with Gasteiger partial charge in [0.05, 0.1) is 17.5 Å². The summed E-state index contributed by atoms with van der Waals surface area (Å²) in [5.41, 5.74) is 11.6. The van der Waals surface area contributed by atoms with Crippen LogP contribution in [-0.2, 0) is 38.4 Å². The molecule has 5 rings (SSSR count). The molecule has 2 fully saturated rings. The van der Waals surface area contributed by atoms with Crippen LogP contribution in [0.25, 0.3) is 0 Å². The summed E-state index contributed by atoms with van der Waals surface area (Å²) in [5, 5.41) is 22.3. The molecule has 39 heavy (non-hydrogen) atoms. The van der Waals surface area contributed by atoms with Crippen molar-refractivity contribution in [1.29, 1.82) is 0 Å². The molecule has 0 spiro atoms. The normalized spacial score (nSPS) is 30.1. The largest absolute Gasteiger partial charge is 0.507 e. The lowest BCUT2D eigenvalue weighted by Gasteiger charge is -2.52. The maximum Gasteiger partial charge on any atom is 0.235 e. The number of benzene rings is 2. The van der Waals surface area contributed by atoms with Crippen molar-refractivity contribution in [1.82, 2.24) is 4.90 Å². The van der Waals surface area contributed by atoms with Gasteiger partial charge in [-0.2, -0.15) is 0 Å². The third kappa shape index (κ3) is 3.97. The Labute approximate surface area is 225 Å². The number of amides is 1. The average Bonchev–Trinajstić information content (AvgIpc) is 2.86. The predicted octanol–water partition coefficient (Wildman–Crippen LogP) is 0.234. The van der Waals surface area contributed by atoms with Crippen molar-refractivity contribution in [3.05, 3.63) is 58.7 Å². The Bertz CT molecular complexity index is 1420. The van der Waals surface area contributed by atoms with Gasteiger partial charge in [0.15, 0.2) is 34.7 Å². The fraction of sp³-hybridized carbons (Fsp3) is 0.414. The minimum absolute atomic E-state index is 0.0106. The number of nitrogens with zero attached hydrogens (tertiary/aromatic N) is 1. The molecule has 2 aromatic rings. The van der Waals surface area contributed by atoms with Gasteiger partial charge in [0, 0.05) is 11.6 Å². The number of carbonyl (C=O) groups is 5. The SMILES string of the molecule is CN(C)[C@H]1C(=O)C(C(N)=O)C(=O)[C@]2(O)C(=O)C3C(=O)c4c(O)ccc(CCc5ccc(N)cc5)c4C[C@@H]3C[C@H]12. The number of Topliss-reactive ketones (excluding diaryl/α,β-unsaturated/α-hetero) is 4. The van der Waals surface area contributed by atoms with Crippen LogP contribution in [0.4, 0.5) is 5.69 Å². The zero-order valence-corrected chi connectivity index (χ0v) is 21.7. The molecule has 10 heteroatoms. The summed E-state index contributed by atoms with van der Waals surface area (Å²) >= 11 is 0. The second-order valence-electron chi connectivity index (χ2n) is 11.1. The molecule has 6 atom stereocenters. The highest BCUT2D eigenvalue weighted by atomic mass is 16.3. The number of hydrogen-bond donors (Lipinski definition) is 4. The van der Waals surface area contributed by atoms with E-state index in [1.807, 2.05) is 12.1 Å². The minimum atomic E-state index is -2.72. The lowest BCUT2D eigenvalue weighted by atomic mass is 9.52. The molecular formula is C29H31N3O7. The molecular weight excluding hydrogens is 502 g/mol. The highest BCUT2D eigenvalue weighted by Crippen LogP contribution is 2.51. The Hall–Kier alpha value is -3.89. The van der Waals surface area contributed by atoms with E-state index in [1.54, 1.807) is 32.3 Å². The van der Waals surface area contributed by atoms with E-state index in [0.717, 1.165) is 11.1 Å². The number of carbonyl (C=O) groups excluding carboxylic acids is 5. The summed E-state index contributed by atoms with van der Waals surface area (Å²) in [6.07, 6.45) is 1.49. The van der Waals surface area contributed by atoms with E-state index in [0.29, 0.717) is 24.1 Å². The predicted molar refractivity (Wildman–Crippen MR) is 140 cm³/mol. The fourth-order valence-corrected chi connectivity index (χ4v) is 6.87. The molecule has 2 aromatic carbocycles. The van der Waals surface area contributed by atoms with E-state index in [4.69, 9.17) is 11.5 Å². The van der Waals surface area contributed by atoms with Gasteiger partial charge in [-0.1, -0.05) is 18.2 Å². The van der Waals surface area contributed by atoms with Crippen molar-refractivity contribution in [3.8, 4) is 5.75 Å². The van der Waals surface area contributed by atoms with Crippen LogP contribution in [0.3, 0.4) is 0 Å². The monoisotopic (exact) mass is 533 g/mol. The maximum atomic E-state index is 13.9. The molecule has 0 aromatic heterocycles. The number of aryl methyl sites for hydroxylation is 2. The van der Waals surface area contributed by atoms with Gasteiger partial charge in [-0.3, -0.25) is 28.9 Å². The van der Waals surface area contributed by atoms with Crippen LogP contribution in [-0.4, -0.2) is 69.9 Å².